The maximum atomic E-state index is 5.60. The van der Waals surface area contributed by atoms with Crippen LogP contribution in [0.5, 0.6) is 0 Å². The quantitative estimate of drug-likeness (QED) is 0.179. The van der Waals surface area contributed by atoms with E-state index >= 15 is 0 Å². The van der Waals surface area contributed by atoms with Crippen LogP contribution in [0.15, 0.2) is 176 Å². The van der Waals surface area contributed by atoms with E-state index in [2.05, 4.69) is 194 Å². The minimum atomic E-state index is -0.121. The van der Waals surface area contributed by atoms with Crippen molar-refractivity contribution in [2.75, 3.05) is 0 Å². The van der Waals surface area contributed by atoms with E-state index < -0.39 is 0 Å². The topological polar surface area (TPSA) is 30.7 Å². The monoisotopic (exact) mass is 769 g/mol. The second kappa shape index (κ2) is 12.0. The Morgan fingerprint density at radius 3 is 1.86 bits per heavy atom. The zero-order valence-corrected chi connectivity index (χ0v) is 33.3. The molecule has 0 N–H and O–H groups in total. The molecule has 0 radical (unpaired) electrons. The highest BCUT2D eigenvalue weighted by Crippen LogP contribution is 2.50. The number of hydrogen-bond donors (Lipinski definition) is 0. The molecule has 3 heterocycles. The molecule has 0 bridgehead atoms. The van der Waals surface area contributed by atoms with Crippen LogP contribution in [0.25, 0.3) is 114 Å². The molecule has 3 aromatic heterocycles. The summed E-state index contributed by atoms with van der Waals surface area (Å²) < 4.78 is 4.92. The minimum Gasteiger partial charge on any atom is -0.309 e. The first-order valence-corrected chi connectivity index (χ1v) is 21.1. The van der Waals surface area contributed by atoms with E-state index in [9.17, 15) is 0 Å². The van der Waals surface area contributed by atoms with Crippen LogP contribution in [0.2, 0.25) is 0 Å². The number of nitrogens with zero attached hydrogens (tertiary/aromatic N) is 3. The summed E-state index contributed by atoms with van der Waals surface area (Å²) in [5, 5.41) is 11.1. The molecule has 12 aromatic rings. The maximum absolute atomic E-state index is 5.60. The lowest BCUT2D eigenvalue weighted by atomic mass is 9.82. The lowest BCUT2D eigenvalue weighted by Gasteiger charge is -2.22. The van der Waals surface area contributed by atoms with E-state index in [4.69, 9.17) is 9.97 Å². The Kier molecular flexibility index (Phi) is 6.66. The lowest BCUT2D eigenvalue weighted by Crippen LogP contribution is -2.15. The number of hydrogen-bond acceptors (Lipinski definition) is 3. The molecule has 59 heavy (non-hydrogen) atoms. The first-order valence-electron chi connectivity index (χ1n) is 20.3. The molecule has 0 atom stereocenters. The second-order valence-electron chi connectivity index (χ2n) is 16.5. The summed E-state index contributed by atoms with van der Waals surface area (Å²) in [6.45, 7) is 4.68. The molecule has 0 unspecified atom stereocenters. The highest BCUT2D eigenvalue weighted by molar-refractivity contribution is 7.26. The van der Waals surface area contributed by atoms with E-state index in [0.29, 0.717) is 0 Å². The van der Waals surface area contributed by atoms with Crippen molar-refractivity contribution in [1.82, 2.24) is 14.5 Å². The Morgan fingerprint density at radius 2 is 1.10 bits per heavy atom. The van der Waals surface area contributed by atoms with Gasteiger partial charge in [-0.1, -0.05) is 147 Å². The van der Waals surface area contributed by atoms with Crippen LogP contribution in [0.3, 0.4) is 0 Å². The first kappa shape index (κ1) is 32.9. The largest absolute Gasteiger partial charge is 0.309 e. The number of thiophene rings is 1. The average molecular weight is 770 g/mol. The number of aromatic nitrogens is 3. The molecule has 1 aliphatic carbocycles. The molecule has 4 heteroatoms. The lowest BCUT2D eigenvalue weighted by molar-refractivity contribution is 0.660. The normalized spacial score (nSPS) is 13.4. The third-order valence-electron chi connectivity index (χ3n) is 13.0. The van der Waals surface area contributed by atoms with E-state index in [1.165, 1.54) is 85.8 Å². The van der Waals surface area contributed by atoms with Crippen LogP contribution in [0, 0.1) is 0 Å². The molecular weight excluding hydrogens is 735 g/mol. The molecule has 0 amide bonds. The van der Waals surface area contributed by atoms with Crippen molar-refractivity contribution in [2.45, 2.75) is 19.3 Å². The Morgan fingerprint density at radius 1 is 0.475 bits per heavy atom. The van der Waals surface area contributed by atoms with Crippen LogP contribution in [0.1, 0.15) is 25.0 Å². The molecule has 3 nitrogen and oxygen atoms in total. The van der Waals surface area contributed by atoms with Gasteiger partial charge in [0, 0.05) is 58.6 Å². The van der Waals surface area contributed by atoms with E-state index in [1.807, 2.05) is 11.3 Å². The molecule has 0 saturated carbocycles. The van der Waals surface area contributed by atoms with Gasteiger partial charge in [-0.15, -0.1) is 11.3 Å². The Hall–Kier alpha value is -7.14. The van der Waals surface area contributed by atoms with Gasteiger partial charge in [-0.05, 0) is 86.3 Å². The average Bonchev–Trinajstić information content (AvgIpc) is 3.91. The van der Waals surface area contributed by atoms with Crippen molar-refractivity contribution in [2.24, 2.45) is 0 Å². The molecule has 0 saturated heterocycles. The van der Waals surface area contributed by atoms with Gasteiger partial charge in [0.25, 0.3) is 0 Å². The predicted octanol–water partition coefficient (Wildman–Crippen LogP) is 15.0. The minimum absolute atomic E-state index is 0.121. The van der Waals surface area contributed by atoms with Crippen LogP contribution in [-0.2, 0) is 5.41 Å². The third kappa shape index (κ3) is 4.58. The standard InChI is InChI=1S/C55H35N3S/c1-55(2)44-20-10-7-17-38(44)39-26-23-34(29-45(39)55)52-41-19-8-11-21-46(41)56-54(57-52)43-31-35(30-42-40-18-9-12-22-49(40)59-53(42)43)58-47-27-24-32-13-3-5-15-36(32)50(47)51-37-16-6-4-14-33(37)25-28-48(51)58/h3-31H,1-2H3. The van der Waals surface area contributed by atoms with E-state index in [1.54, 1.807) is 0 Å². The van der Waals surface area contributed by atoms with E-state index in [0.717, 1.165) is 39.2 Å². The van der Waals surface area contributed by atoms with Gasteiger partial charge in [0.1, 0.15) is 0 Å². The number of para-hydroxylation sites is 1. The fourth-order valence-corrected chi connectivity index (χ4v) is 11.4. The van der Waals surface area contributed by atoms with Gasteiger partial charge in [-0.25, -0.2) is 9.97 Å². The molecule has 9 aromatic carbocycles. The van der Waals surface area contributed by atoms with Crippen molar-refractivity contribution in [3.05, 3.63) is 187 Å². The Labute approximate surface area is 344 Å². The summed E-state index contributed by atoms with van der Waals surface area (Å²) in [5.41, 5.74) is 12.7. The van der Waals surface area contributed by atoms with Crippen molar-refractivity contribution < 1.29 is 0 Å². The van der Waals surface area contributed by atoms with Crippen molar-refractivity contribution in [1.29, 1.82) is 0 Å². The fourth-order valence-electron chi connectivity index (χ4n) is 10.2. The van der Waals surface area contributed by atoms with Gasteiger partial charge in [-0.2, -0.15) is 0 Å². The number of rotatable bonds is 3. The smallest absolute Gasteiger partial charge is 0.161 e. The van der Waals surface area contributed by atoms with Gasteiger partial charge in [-0.3, -0.25) is 0 Å². The summed E-state index contributed by atoms with van der Waals surface area (Å²) >= 11 is 1.83. The number of benzene rings is 9. The zero-order valence-electron chi connectivity index (χ0n) is 32.5. The van der Waals surface area contributed by atoms with Gasteiger partial charge in [0.15, 0.2) is 5.82 Å². The molecule has 0 spiro atoms. The predicted molar refractivity (Wildman–Crippen MR) is 250 cm³/mol. The van der Waals surface area contributed by atoms with Gasteiger partial charge in [0.05, 0.1) is 22.2 Å². The summed E-state index contributed by atoms with van der Waals surface area (Å²) in [6, 6.07) is 64.5. The van der Waals surface area contributed by atoms with Crippen molar-refractivity contribution in [3.8, 4) is 39.5 Å². The summed E-state index contributed by atoms with van der Waals surface area (Å²) in [6.07, 6.45) is 0. The van der Waals surface area contributed by atoms with Crippen LogP contribution in [0.4, 0.5) is 0 Å². The molecular formula is C55H35N3S. The first-order chi connectivity index (χ1) is 29.0. The molecule has 1 aliphatic rings. The fraction of sp³-hybridized carbons (Fsp3) is 0.0545. The molecule has 0 fully saturated rings. The summed E-state index contributed by atoms with van der Waals surface area (Å²) in [7, 11) is 0. The number of fused-ring (bicyclic) bond motifs is 14. The van der Waals surface area contributed by atoms with Crippen molar-refractivity contribution in [3.63, 3.8) is 0 Å². The Balaban J connectivity index is 1.12. The Bertz CT molecular complexity index is 3680. The van der Waals surface area contributed by atoms with Gasteiger partial charge < -0.3 is 4.57 Å². The highest BCUT2D eigenvalue weighted by atomic mass is 32.1. The van der Waals surface area contributed by atoms with Crippen LogP contribution >= 0.6 is 11.3 Å². The molecule has 0 aliphatic heterocycles. The summed E-state index contributed by atoms with van der Waals surface area (Å²) in [5.74, 6) is 0.733. The van der Waals surface area contributed by atoms with Gasteiger partial charge >= 0.3 is 0 Å². The maximum Gasteiger partial charge on any atom is 0.161 e. The molecule has 276 valence electrons. The molecule has 13 rings (SSSR count). The highest BCUT2D eigenvalue weighted by Gasteiger charge is 2.35. The zero-order chi connectivity index (χ0) is 39.0. The van der Waals surface area contributed by atoms with Crippen LogP contribution < -0.4 is 0 Å². The summed E-state index contributed by atoms with van der Waals surface area (Å²) in [4.78, 5) is 11.0. The van der Waals surface area contributed by atoms with Crippen LogP contribution in [-0.4, -0.2) is 14.5 Å². The van der Waals surface area contributed by atoms with E-state index in [-0.39, 0.29) is 5.41 Å². The second-order valence-corrected chi connectivity index (χ2v) is 17.6. The van der Waals surface area contributed by atoms with Gasteiger partial charge in [0.2, 0.25) is 0 Å². The third-order valence-corrected chi connectivity index (χ3v) is 14.2. The van der Waals surface area contributed by atoms with Crippen molar-refractivity contribution >= 4 is 85.8 Å². The SMILES string of the molecule is CC1(C)c2ccccc2-c2ccc(-c3nc(-c4cc(-n5c6ccc7ccccc7c6c6c7ccccc7ccc65)cc5c4sc4ccccc45)nc4ccccc34)cc21.